The van der Waals surface area contributed by atoms with Crippen molar-refractivity contribution in [3.05, 3.63) is 65.1 Å². The van der Waals surface area contributed by atoms with E-state index < -0.39 is 0 Å². The Kier molecular flexibility index (Phi) is 7.99. The Hall–Kier alpha value is -3.21. The van der Waals surface area contributed by atoms with Crippen molar-refractivity contribution in [3.8, 4) is 0 Å². The van der Waals surface area contributed by atoms with E-state index >= 15 is 0 Å². The fourth-order valence-corrected chi connectivity index (χ4v) is 6.41. The van der Waals surface area contributed by atoms with E-state index in [0.29, 0.717) is 0 Å². The van der Waals surface area contributed by atoms with Crippen LogP contribution in [0.2, 0.25) is 0 Å². The van der Waals surface area contributed by atoms with E-state index in [-0.39, 0.29) is 0 Å². The highest BCUT2D eigenvalue weighted by molar-refractivity contribution is 5.93. The number of aryl methyl sites for hydroxylation is 2. The topological polar surface area (TPSA) is 62.7 Å². The zero-order valence-corrected chi connectivity index (χ0v) is 22.7. The smallest absolute Gasteiger partial charge is 0.161 e. The van der Waals surface area contributed by atoms with Crippen LogP contribution in [0.4, 0.5) is 11.4 Å². The Bertz CT molecular complexity index is 1290. The average Bonchev–Trinajstić information content (AvgIpc) is 3.34. The fraction of sp³-hybridized carbons (Fsp3) is 0.485. The molecule has 2 aliphatic rings. The average molecular weight is 508 g/mol. The van der Waals surface area contributed by atoms with E-state index in [1.165, 1.54) is 109 Å². The van der Waals surface area contributed by atoms with Gasteiger partial charge >= 0.3 is 0 Å². The number of hydrogen-bond donors (Lipinski definition) is 2. The molecule has 4 aromatic rings. The molecule has 3 aromatic heterocycles. The van der Waals surface area contributed by atoms with Gasteiger partial charge in [-0.25, -0.2) is 9.97 Å². The molecule has 0 saturated carbocycles. The van der Waals surface area contributed by atoms with Crippen LogP contribution < -0.4 is 10.6 Å². The molecule has 0 bridgehead atoms. The number of nitrogens with zero attached hydrogens (tertiary/aromatic N) is 3. The highest BCUT2D eigenvalue weighted by atomic mass is 14.9. The molecule has 38 heavy (non-hydrogen) atoms. The molecule has 2 aliphatic carbocycles. The van der Waals surface area contributed by atoms with Gasteiger partial charge in [0.25, 0.3) is 0 Å². The van der Waals surface area contributed by atoms with Crippen LogP contribution in [0.3, 0.4) is 0 Å². The summed E-state index contributed by atoms with van der Waals surface area (Å²) in [5.41, 5.74) is 10.2. The molecule has 1 aromatic carbocycles. The molecule has 0 saturated heterocycles. The number of para-hydroxylation sites is 1. The summed E-state index contributed by atoms with van der Waals surface area (Å²) in [5, 5.41) is 10.1. The Labute approximate surface area is 226 Å². The van der Waals surface area contributed by atoms with Gasteiger partial charge in [-0.1, -0.05) is 43.9 Å². The first-order valence-corrected chi connectivity index (χ1v) is 15.0. The Morgan fingerprint density at radius 3 is 1.92 bits per heavy atom. The number of aromatic nitrogens is 3. The number of unbranched alkanes of at least 4 members (excludes halogenated alkanes) is 3. The third-order valence-corrected chi connectivity index (χ3v) is 8.41. The predicted molar refractivity (Wildman–Crippen MR) is 159 cm³/mol. The Balaban J connectivity index is 1.03. The maximum absolute atomic E-state index is 5.04. The number of fused-ring (bicyclic) bond motifs is 4. The summed E-state index contributed by atoms with van der Waals surface area (Å²) >= 11 is 0. The number of anilines is 2. The number of nitrogens with one attached hydrogen (secondary N) is 2. The van der Waals surface area contributed by atoms with E-state index in [1.807, 2.05) is 12.3 Å². The van der Waals surface area contributed by atoms with Crippen LogP contribution in [0.15, 0.2) is 42.6 Å². The largest absolute Gasteiger partial charge is 0.384 e. The van der Waals surface area contributed by atoms with Gasteiger partial charge in [0.1, 0.15) is 0 Å². The molecule has 0 radical (unpaired) electrons. The number of hydrogen-bond acceptors (Lipinski definition) is 5. The zero-order chi connectivity index (χ0) is 25.6. The van der Waals surface area contributed by atoms with Crippen molar-refractivity contribution < 1.29 is 0 Å². The molecule has 0 fully saturated rings. The summed E-state index contributed by atoms with van der Waals surface area (Å²) in [6, 6.07) is 12.9. The van der Waals surface area contributed by atoms with Crippen molar-refractivity contribution >= 4 is 33.3 Å². The van der Waals surface area contributed by atoms with Crippen LogP contribution in [-0.4, -0.2) is 28.0 Å². The first kappa shape index (κ1) is 25.1. The summed E-state index contributed by atoms with van der Waals surface area (Å²) in [6.45, 7) is 2.04. The summed E-state index contributed by atoms with van der Waals surface area (Å²) in [7, 11) is 0. The molecule has 0 amide bonds. The SMILES string of the molecule is c1ccc2c(NCCCCCCNc3c4c(nc5ncccc35)CCCCC4)c3c(nc2c1)CCCCC3. The van der Waals surface area contributed by atoms with Gasteiger partial charge in [0.15, 0.2) is 5.65 Å². The Morgan fingerprint density at radius 1 is 0.579 bits per heavy atom. The van der Waals surface area contributed by atoms with Crippen molar-refractivity contribution in [2.24, 2.45) is 0 Å². The summed E-state index contributed by atoms with van der Waals surface area (Å²) in [6.07, 6.45) is 18.9. The second-order valence-electron chi connectivity index (χ2n) is 11.1. The normalized spacial score (nSPS) is 15.5. The molecule has 3 heterocycles. The lowest BCUT2D eigenvalue weighted by atomic mass is 10.0. The molecule has 5 heteroatoms. The van der Waals surface area contributed by atoms with Gasteiger partial charge in [0.05, 0.1) is 11.2 Å². The van der Waals surface area contributed by atoms with E-state index in [4.69, 9.17) is 9.97 Å². The zero-order valence-electron chi connectivity index (χ0n) is 22.7. The van der Waals surface area contributed by atoms with Gasteiger partial charge < -0.3 is 10.6 Å². The summed E-state index contributed by atoms with van der Waals surface area (Å²) < 4.78 is 0. The molecule has 0 spiro atoms. The molecule has 0 aliphatic heterocycles. The molecule has 0 atom stereocenters. The molecule has 198 valence electrons. The number of rotatable bonds is 9. The third-order valence-electron chi connectivity index (χ3n) is 8.41. The molecule has 5 nitrogen and oxygen atoms in total. The molecular formula is C33H41N5. The van der Waals surface area contributed by atoms with Crippen LogP contribution in [-0.2, 0) is 25.7 Å². The second kappa shape index (κ2) is 12.1. The van der Waals surface area contributed by atoms with Gasteiger partial charge in [-0.3, -0.25) is 4.98 Å². The van der Waals surface area contributed by atoms with Gasteiger partial charge in [0.2, 0.25) is 0 Å². The van der Waals surface area contributed by atoms with Crippen molar-refractivity contribution in [3.63, 3.8) is 0 Å². The first-order chi connectivity index (χ1) is 18.9. The van der Waals surface area contributed by atoms with E-state index in [9.17, 15) is 0 Å². The van der Waals surface area contributed by atoms with Crippen LogP contribution in [0.5, 0.6) is 0 Å². The minimum Gasteiger partial charge on any atom is -0.384 e. The van der Waals surface area contributed by atoms with Crippen molar-refractivity contribution in [2.75, 3.05) is 23.7 Å². The van der Waals surface area contributed by atoms with Crippen molar-refractivity contribution in [2.45, 2.75) is 89.9 Å². The van der Waals surface area contributed by atoms with Crippen LogP contribution in [0.1, 0.15) is 86.7 Å². The maximum Gasteiger partial charge on any atom is 0.161 e. The molecule has 0 unspecified atom stereocenters. The highest BCUT2D eigenvalue weighted by Crippen LogP contribution is 2.34. The molecule has 6 rings (SSSR count). The van der Waals surface area contributed by atoms with Crippen molar-refractivity contribution in [1.29, 1.82) is 0 Å². The van der Waals surface area contributed by atoms with E-state index in [0.717, 1.165) is 49.9 Å². The third kappa shape index (κ3) is 5.48. The van der Waals surface area contributed by atoms with Gasteiger partial charge in [0, 0.05) is 47.1 Å². The van der Waals surface area contributed by atoms with Crippen LogP contribution in [0.25, 0.3) is 21.9 Å². The van der Waals surface area contributed by atoms with Gasteiger partial charge in [-0.05, 0) is 93.5 Å². The predicted octanol–water partition coefficient (Wildman–Crippen LogP) is 7.80. The van der Waals surface area contributed by atoms with E-state index in [1.54, 1.807) is 0 Å². The quantitative estimate of drug-likeness (QED) is 0.179. The minimum atomic E-state index is 0.892. The molecule has 2 N–H and O–H groups in total. The molecular weight excluding hydrogens is 466 g/mol. The first-order valence-electron chi connectivity index (χ1n) is 15.0. The summed E-state index contributed by atoms with van der Waals surface area (Å²) in [4.78, 5) is 14.5. The van der Waals surface area contributed by atoms with E-state index in [2.05, 4.69) is 45.9 Å². The Morgan fingerprint density at radius 2 is 1.18 bits per heavy atom. The second-order valence-corrected chi connectivity index (χ2v) is 11.1. The minimum absolute atomic E-state index is 0.892. The monoisotopic (exact) mass is 507 g/mol. The standard InChI is InChI=1S/C33H41N5/c1(11-21-34-31-24-14-5-3-7-18-28(24)37-29-20-10-9-16-25(29)31)2-12-22-35-32-26-15-6-4-8-19-30(26)38-33-27(32)17-13-23-36-33/h9-10,13,16-17,20,23H,1-8,11-12,14-15,18-19,21-22H2,(H,34,37)(H,35,36,38). The number of benzene rings is 1. The fourth-order valence-electron chi connectivity index (χ4n) is 6.41. The van der Waals surface area contributed by atoms with Crippen molar-refractivity contribution in [1.82, 2.24) is 15.0 Å². The lowest BCUT2D eigenvalue weighted by molar-refractivity contribution is 0.670. The number of pyridine rings is 3. The maximum atomic E-state index is 5.04. The lowest BCUT2D eigenvalue weighted by Gasteiger charge is -2.17. The van der Waals surface area contributed by atoms with Crippen LogP contribution in [0, 0.1) is 0 Å². The summed E-state index contributed by atoms with van der Waals surface area (Å²) in [5.74, 6) is 0. The van der Waals surface area contributed by atoms with Gasteiger partial charge in [-0.2, -0.15) is 0 Å². The highest BCUT2D eigenvalue weighted by Gasteiger charge is 2.18. The van der Waals surface area contributed by atoms with Crippen LogP contribution >= 0.6 is 0 Å². The van der Waals surface area contributed by atoms with Gasteiger partial charge in [-0.15, -0.1) is 0 Å². The lowest BCUT2D eigenvalue weighted by Crippen LogP contribution is -2.10.